The van der Waals surface area contributed by atoms with Gasteiger partial charge in [0.05, 0.1) is 0 Å². The van der Waals surface area contributed by atoms with Gasteiger partial charge < -0.3 is 10.6 Å². The van der Waals surface area contributed by atoms with E-state index >= 15 is 0 Å². The molecule has 2 aliphatic rings. The molecule has 2 heteroatoms. The third-order valence-electron chi connectivity index (χ3n) is 4.29. The lowest BCUT2D eigenvalue weighted by Crippen LogP contribution is -2.26. The molecule has 2 N–H and O–H groups in total. The molecule has 92 valence electrons. The molecule has 1 atom stereocenters. The van der Waals surface area contributed by atoms with Crippen LogP contribution in [0.15, 0.2) is 18.2 Å². The highest BCUT2D eigenvalue weighted by atomic mass is 15.0. The molecule has 0 saturated heterocycles. The first-order chi connectivity index (χ1) is 8.17. The Morgan fingerprint density at radius 3 is 3.00 bits per heavy atom. The van der Waals surface area contributed by atoms with Crippen molar-refractivity contribution in [2.24, 2.45) is 5.41 Å². The standard InChI is InChI=1S/C15H22N2/c1-15(2)8-14(15)17-10-12-5-3-4-11-9-16-7-6-13(11)12/h3-5,14,16-17H,6-10H2,1-2H3. The summed E-state index contributed by atoms with van der Waals surface area (Å²) in [6, 6.07) is 7.46. The molecule has 0 spiro atoms. The monoisotopic (exact) mass is 230 g/mol. The molecule has 0 amide bonds. The van der Waals surface area contributed by atoms with E-state index in [9.17, 15) is 0 Å². The Morgan fingerprint density at radius 1 is 1.41 bits per heavy atom. The molecule has 1 aromatic carbocycles. The first kappa shape index (κ1) is 11.2. The predicted octanol–water partition coefficient (Wildman–Crippen LogP) is 2.22. The van der Waals surface area contributed by atoms with E-state index in [0.29, 0.717) is 5.41 Å². The first-order valence-electron chi connectivity index (χ1n) is 6.70. The molecule has 1 heterocycles. The Balaban J connectivity index is 1.70. The van der Waals surface area contributed by atoms with Gasteiger partial charge in [0.25, 0.3) is 0 Å². The van der Waals surface area contributed by atoms with Gasteiger partial charge in [0, 0.05) is 19.1 Å². The lowest BCUT2D eigenvalue weighted by molar-refractivity contribution is 0.538. The van der Waals surface area contributed by atoms with Gasteiger partial charge in [0.2, 0.25) is 0 Å². The zero-order valence-electron chi connectivity index (χ0n) is 10.8. The molecule has 1 aliphatic carbocycles. The van der Waals surface area contributed by atoms with Crippen LogP contribution < -0.4 is 10.6 Å². The van der Waals surface area contributed by atoms with Crippen molar-refractivity contribution in [2.45, 2.75) is 45.8 Å². The summed E-state index contributed by atoms with van der Waals surface area (Å²) in [5, 5.41) is 7.13. The molecule has 2 nitrogen and oxygen atoms in total. The van der Waals surface area contributed by atoms with E-state index in [0.717, 1.165) is 25.7 Å². The van der Waals surface area contributed by atoms with Crippen LogP contribution in [0.1, 0.15) is 37.0 Å². The van der Waals surface area contributed by atoms with Gasteiger partial charge in [-0.05, 0) is 41.5 Å². The fourth-order valence-corrected chi connectivity index (χ4v) is 2.83. The number of hydrogen-bond donors (Lipinski definition) is 2. The number of fused-ring (bicyclic) bond motifs is 1. The summed E-state index contributed by atoms with van der Waals surface area (Å²) in [6.07, 6.45) is 2.50. The van der Waals surface area contributed by atoms with Crippen LogP contribution >= 0.6 is 0 Å². The topological polar surface area (TPSA) is 24.1 Å². The van der Waals surface area contributed by atoms with E-state index in [4.69, 9.17) is 0 Å². The average molecular weight is 230 g/mol. The normalized spacial score (nSPS) is 25.4. The maximum Gasteiger partial charge on any atom is 0.0211 e. The third kappa shape index (κ3) is 2.24. The number of rotatable bonds is 3. The molecule has 1 saturated carbocycles. The van der Waals surface area contributed by atoms with Crippen LogP contribution in [-0.2, 0) is 19.5 Å². The highest BCUT2D eigenvalue weighted by molar-refractivity contribution is 5.37. The number of benzene rings is 1. The van der Waals surface area contributed by atoms with Gasteiger partial charge in [0.15, 0.2) is 0 Å². The summed E-state index contributed by atoms with van der Waals surface area (Å²) in [4.78, 5) is 0. The lowest BCUT2D eigenvalue weighted by atomic mass is 9.95. The molecule has 3 rings (SSSR count). The fraction of sp³-hybridized carbons (Fsp3) is 0.600. The van der Waals surface area contributed by atoms with Gasteiger partial charge in [-0.3, -0.25) is 0 Å². The summed E-state index contributed by atoms with van der Waals surface area (Å²) in [6.45, 7) is 7.89. The maximum absolute atomic E-state index is 3.69. The molecule has 0 aromatic heterocycles. The molecule has 17 heavy (non-hydrogen) atoms. The Labute approximate surface area is 104 Å². The van der Waals surface area contributed by atoms with Crippen LogP contribution in [0.5, 0.6) is 0 Å². The summed E-state index contributed by atoms with van der Waals surface area (Å²) in [5.74, 6) is 0. The smallest absolute Gasteiger partial charge is 0.0211 e. The van der Waals surface area contributed by atoms with Crippen molar-refractivity contribution < 1.29 is 0 Å². The molecular weight excluding hydrogens is 208 g/mol. The van der Waals surface area contributed by atoms with Crippen LogP contribution in [0.3, 0.4) is 0 Å². The minimum atomic E-state index is 0.524. The van der Waals surface area contributed by atoms with Crippen molar-refractivity contribution in [1.82, 2.24) is 10.6 Å². The Bertz CT molecular complexity index is 423. The third-order valence-corrected chi connectivity index (χ3v) is 4.29. The second-order valence-electron chi connectivity index (χ2n) is 6.11. The van der Waals surface area contributed by atoms with Crippen molar-refractivity contribution in [3.63, 3.8) is 0 Å². The zero-order chi connectivity index (χ0) is 11.9. The summed E-state index contributed by atoms with van der Waals surface area (Å²) >= 11 is 0. The second-order valence-corrected chi connectivity index (χ2v) is 6.11. The molecular formula is C15H22N2. The van der Waals surface area contributed by atoms with Crippen molar-refractivity contribution in [1.29, 1.82) is 0 Å². The summed E-state index contributed by atoms with van der Waals surface area (Å²) in [7, 11) is 0. The molecule has 0 bridgehead atoms. The first-order valence-corrected chi connectivity index (χ1v) is 6.70. The lowest BCUT2D eigenvalue weighted by Gasteiger charge is -2.20. The van der Waals surface area contributed by atoms with Crippen molar-refractivity contribution in [2.75, 3.05) is 6.54 Å². The molecule has 1 aromatic rings. The van der Waals surface area contributed by atoms with Crippen molar-refractivity contribution >= 4 is 0 Å². The molecule has 1 unspecified atom stereocenters. The van der Waals surface area contributed by atoms with E-state index in [1.165, 1.54) is 24.0 Å². The largest absolute Gasteiger partial charge is 0.312 e. The minimum absolute atomic E-state index is 0.524. The Morgan fingerprint density at radius 2 is 2.24 bits per heavy atom. The SMILES string of the molecule is CC1(C)CC1NCc1cccc2c1CCNC2. The Hall–Kier alpha value is -0.860. The van der Waals surface area contributed by atoms with E-state index < -0.39 is 0 Å². The molecule has 1 aliphatic heterocycles. The fourth-order valence-electron chi connectivity index (χ4n) is 2.83. The van der Waals surface area contributed by atoms with Crippen molar-refractivity contribution in [3.05, 3.63) is 34.9 Å². The summed E-state index contributed by atoms with van der Waals surface area (Å²) < 4.78 is 0. The van der Waals surface area contributed by atoms with Crippen LogP contribution in [0, 0.1) is 5.41 Å². The minimum Gasteiger partial charge on any atom is -0.312 e. The van der Waals surface area contributed by atoms with Gasteiger partial charge in [-0.2, -0.15) is 0 Å². The Kier molecular flexibility index (Phi) is 2.72. The quantitative estimate of drug-likeness (QED) is 0.832. The van der Waals surface area contributed by atoms with E-state index in [1.807, 2.05) is 0 Å². The molecule has 1 fully saturated rings. The average Bonchev–Trinajstić information content (AvgIpc) is 2.94. The van der Waals surface area contributed by atoms with E-state index in [2.05, 4.69) is 42.7 Å². The molecule has 0 radical (unpaired) electrons. The highest BCUT2D eigenvalue weighted by Crippen LogP contribution is 2.44. The van der Waals surface area contributed by atoms with Crippen LogP contribution in [0.25, 0.3) is 0 Å². The summed E-state index contributed by atoms with van der Waals surface area (Å²) in [5.41, 5.74) is 5.10. The maximum atomic E-state index is 3.69. The second kappa shape index (κ2) is 4.11. The number of nitrogens with one attached hydrogen (secondary N) is 2. The van der Waals surface area contributed by atoms with Crippen LogP contribution in [-0.4, -0.2) is 12.6 Å². The van der Waals surface area contributed by atoms with Gasteiger partial charge in [-0.1, -0.05) is 32.0 Å². The van der Waals surface area contributed by atoms with Crippen molar-refractivity contribution in [3.8, 4) is 0 Å². The number of hydrogen-bond acceptors (Lipinski definition) is 2. The van der Waals surface area contributed by atoms with Crippen LogP contribution in [0.4, 0.5) is 0 Å². The van der Waals surface area contributed by atoms with Crippen LogP contribution in [0.2, 0.25) is 0 Å². The van der Waals surface area contributed by atoms with Gasteiger partial charge in [0.1, 0.15) is 0 Å². The van der Waals surface area contributed by atoms with Gasteiger partial charge in [-0.25, -0.2) is 0 Å². The van der Waals surface area contributed by atoms with Gasteiger partial charge >= 0.3 is 0 Å². The van der Waals surface area contributed by atoms with Gasteiger partial charge in [-0.15, -0.1) is 0 Å². The van der Waals surface area contributed by atoms with E-state index in [1.54, 1.807) is 5.56 Å². The predicted molar refractivity (Wildman–Crippen MR) is 70.9 cm³/mol. The highest BCUT2D eigenvalue weighted by Gasteiger charge is 2.45. The zero-order valence-corrected chi connectivity index (χ0v) is 10.8. The van der Waals surface area contributed by atoms with E-state index in [-0.39, 0.29) is 0 Å².